The predicted molar refractivity (Wildman–Crippen MR) is 82.7 cm³/mol. The normalized spacial score (nSPS) is 17.0. The number of hydrogen-bond donors (Lipinski definition) is 2. The van der Waals surface area contributed by atoms with E-state index in [0.717, 1.165) is 0 Å². The maximum atomic E-state index is 12.7. The first kappa shape index (κ1) is 17.1. The van der Waals surface area contributed by atoms with Crippen LogP contribution in [0.5, 0.6) is 5.75 Å². The Hall–Kier alpha value is -2.28. The molecule has 1 aliphatic heterocycles. The highest BCUT2D eigenvalue weighted by Gasteiger charge is 2.35. The van der Waals surface area contributed by atoms with Gasteiger partial charge in [-0.15, -0.1) is 0 Å². The number of aliphatic carboxylic acids is 1. The van der Waals surface area contributed by atoms with Crippen LogP contribution in [-0.4, -0.2) is 54.0 Å². The fraction of sp³-hybridized carbons (Fsp3) is 0.400. The molecule has 2 rings (SSSR count). The molecule has 1 aromatic carbocycles. The summed E-state index contributed by atoms with van der Waals surface area (Å²) in [7, 11) is 1.45. The van der Waals surface area contributed by atoms with Crippen molar-refractivity contribution < 1.29 is 24.2 Å². The van der Waals surface area contributed by atoms with Gasteiger partial charge in [0.05, 0.1) is 12.7 Å². The average Bonchev–Trinajstić information content (AvgIpc) is 3.01. The molecule has 0 saturated carbocycles. The van der Waals surface area contributed by atoms with Crippen LogP contribution >= 0.6 is 11.6 Å². The Bertz CT molecular complexity index is 634. The predicted octanol–water partition coefficient (Wildman–Crippen LogP) is 1.15. The number of ether oxygens (including phenoxy) is 1. The monoisotopic (exact) mass is 340 g/mol. The van der Waals surface area contributed by atoms with E-state index in [0.29, 0.717) is 30.2 Å². The minimum Gasteiger partial charge on any atom is -0.496 e. The molecule has 1 atom stereocenters. The average molecular weight is 341 g/mol. The number of methoxy groups -OCH3 is 1. The number of carbonyl (C=O) groups is 3. The van der Waals surface area contributed by atoms with E-state index in [-0.39, 0.29) is 11.5 Å². The summed E-state index contributed by atoms with van der Waals surface area (Å²) >= 11 is 5.94. The third-order valence-corrected chi connectivity index (χ3v) is 3.86. The van der Waals surface area contributed by atoms with E-state index in [4.69, 9.17) is 21.4 Å². The minimum atomic E-state index is -1.13. The topological polar surface area (TPSA) is 95.9 Å². The Morgan fingerprint density at radius 3 is 2.83 bits per heavy atom. The van der Waals surface area contributed by atoms with E-state index in [1.54, 1.807) is 12.1 Å². The summed E-state index contributed by atoms with van der Waals surface area (Å²) in [5.41, 5.74) is 0.276. The molecular weight excluding hydrogens is 324 g/mol. The Kier molecular flexibility index (Phi) is 5.44. The van der Waals surface area contributed by atoms with Crippen molar-refractivity contribution in [3.8, 4) is 5.75 Å². The van der Waals surface area contributed by atoms with Crippen LogP contribution in [0.1, 0.15) is 23.2 Å². The molecule has 0 radical (unpaired) electrons. The van der Waals surface area contributed by atoms with Crippen molar-refractivity contribution in [1.82, 2.24) is 10.2 Å². The van der Waals surface area contributed by atoms with Crippen molar-refractivity contribution in [3.05, 3.63) is 28.8 Å². The quantitative estimate of drug-likeness (QED) is 0.838. The molecule has 7 nitrogen and oxygen atoms in total. The first-order valence-corrected chi connectivity index (χ1v) is 7.46. The van der Waals surface area contributed by atoms with Gasteiger partial charge in [0, 0.05) is 11.6 Å². The van der Waals surface area contributed by atoms with Crippen molar-refractivity contribution >= 4 is 29.4 Å². The number of carboxylic acid groups (broad SMARTS) is 1. The van der Waals surface area contributed by atoms with E-state index in [1.807, 2.05) is 0 Å². The highest BCUT2D eigenvalue weighted by Crippen LogP contribution is 2.27. The Morgan fingerprint density at radius 1 is 1.43 bits per heavy atom. The van der Waals surface area contributed by atoms with Gasteiger partial charge in [0.1, 0.15) is 18.3 Å². The fourth-order valence-corrected chi connectivity index (χ4v) is 2.74. The van der Waals surface area contributed by atoms with Crippen molar-refractivity contribution in [2.75, 3.05) is 20.2 Å². The zero-order valence-corrected chi connectivity index (χ0v) is 13.3. The van der Waals surface area contributed by atoms with Crippen LogP contribution in [0, 0.1) is 0 Å². The van der Waals surface area contributed by atoms with Crippen LogP contribution in [0.2, 0.25) is 5.02 Å². The highest BCUT2D eigenvalue weighted by molar-refractivity contribution is 6.31. The van der Waals surface area contributed by atoms with E-state index in [2.05, 4.69) is 5.32 Å². The molecule has 2 N–H and O–H groups in total. The highest BCUT2D eigenvalue weighted by atomic mass is 35.5. The molecule has 8 heteroatoms. The largest absolute Gasteiger partial charge is 0.496 e. The number of nitrogens with zero attached hydrogens (tertiary/aromatic N) is 1. The summed E-state index contributed by atoms with van der Waals surface area (Å²) in [6.45, 7) is -0.0580. The lowest BCUT2D eigenvalue weighted by molar-refractivity contribution is -0.138. The molecule has 1 unspecified atom stereocenters. The molecule has 1 heterocycles. The van der Waals surface area contributed by atoms with E-state index < -0.39 is 24.5 Å². The SMILES string of the molecule is COc1ccc(Cl)cc1C(=O)N1CCCC1C(=O)NCC(=O)O. The molecule has 0 spiro atoms. The van der Waals surface area contributed by atoms with Crippen LogP contribution < -0.4 is 10.1 Å². The number of carbonyl (C=O) groups excluding carboxylic acids is 2. The van der Waals surface area contributed by atoms with E-state index >= 15 is 0 Å². The maximum Gasteiger partial charge on any atom is 0.322 e. The number of benzene rings is 1. The van der Waals surface area contributed by atoms with Crippen LogP contribution in [0.15, 0.2) is 18.2 Å². The lowest BCUT2D eigenvalue weighted by atomic mass is 10.1. The van der Waals surface area contributed by atoms with Gasteiger partial charge in [0.15, 0.2) is 0 Å². The minimum absolute atomic E-state index is 0.276. The lowest BCUT2D eigenvalue weighted by Crippen LogP contribution is -2.47. The fourth-order valence-electron chi connectivity index (χ4n) is 2.56. The van der Waals surface area contributed by atoms with Gasteiger partial charge in [-0.05, 0) is 31.0 Å². The maximum absolute atomic E-state index is 12.7. The smallest absolute Gasteiger partial charge is 0.322 e. The van der Waals surface area contributed by atoms with Gasteiger partial charge >= 0.3 is 5.97 Å². The van der Waals surface area contributed by atoms with Crippen molar-refractivity contribution in [2.45, 2.75) is 18.9 Å². The van der Waals surface area contributed by atoms with Crippen molar-refractivity contribution in [2.24, 2.45) is 0 Å². The summed E-state index contributed by atoms with van der Waals surface area (Å²) in [6, 6.07) is 4.00. The van der Waals surface area contributed by atoms with Gasteiger partial charge < -0.3 is 20.1 Å². The molecule has 2 amide bonds. The first-order chi connectivity index (χ1) is 10.9. The molecule has 1 aromatic rings. The third-order valence-electron chi connectivity index (χ3n) is 3.62. The molecular formula is C15H17ClN2O5. The third kappa shape index (κ3) is 3.92. The van der Waals surface area contributed by atoms with Crippen LogP contribution in [0.25, 0.3) is 0 Å². The van der Waals surface area contributed by atoms with Crippen molar-refractivity contribution in [1.29, 1.82) is 0 Å². The molecule has 124 valence electrons. The number of hydrogen-bond acceptors (Lipinski definition) is 4. The van der Waals surface area contributed by atoms with Gasteiger partial charge in [-0.1, -0.05) is 11.6 Å². The standard InChI is InChI=1S/C15H17ClN2O5/c1-23-12-5-4-9(16)7-10(12)15(22)18-6-2-3-11(18)14(21)17-8-13(19)20/h4-5,7,11H,2-3,6,8H2,1H3,(H,17,21)(H,19,20). The molecule has 0 aromatic heterocycles. The second-order valence-corrected chi connectivity index (χ2v) is 5.55. The second-order valence-electron chi connectivity index (χ2n) is 5.11. The number of halogens is 1. The number of nitrogens with one attached hydrogen (secondary N) is 1. The summed E-state index contributed by atoms with van der Waals surface area (Å²) in [5, 5.41) is 11.3. The zero-order chi connectivity index (χ0) is 17.0. The molecule has 1 aliphatic rings. The first-order valence-electron chi connectivity index (χ1n) is 7.08. The Balaban J connectivity index is 2.19. The van der Waals surface area contributed by atoms with Gasteiger partial charge in [-0.3, -0.25) is 14.4 Å². The number of rotatable bonds is 5. The van der Waals surface area contributed by atoms with Crippen LogP contribution in [0.3, 0.4) is 0 Å². The summed E-state index contributed by atoms with van der Waals surface area (Å²) in [5.74, 6) is -1.60. The van der Waals surface area contributed by atoms with E-state index in [1.165, 1.54) is 18.1 Å². The summed E-state index contributed by atoms with van der Waals surface area (Å²) < 4.78 is 5.17. The molecule has 23 heavy (non-hydrogen) atoms. The molecule has 0 bridgehead atoms. The summed E-state index contributed by atoms with van der Waals surface area (Å²) in [6.07, 6.45) is 1.15. The number of carboxylic acids is 1. The Morgan fingerprint density at radius 2 is 2.17 bits per heavy atom. The number of likely N-dealkylation sites (tertiary alicyclic amines) is 1. The van der Waals surface area contributed by atoms with Gasteiger partial charge in [0.25, 0.3) is 5.91 Å². The van der Waals surface area contributed by atoms with Crippen LogP contribution in [-0.2, 0) is 9.59 Å². The molecule has 1 saturated heterocycles. The van der Waals surface area contributed by atoms with Gasteiger partial charge in [-0.25, -0.2) is 0 Å². The van der Waals surface area contributed by atoms with E-state index in [9.17, 15) is 14.4 Å². The molecule has 1 fully saturated rings. The second kappa shape index (κ2) is 7.32. The number of amides is 2. The van der Waals surface area contributed by atoms with Crippen LogP contribution in [0.4, 0.5) is 0 Å². The summed E-state index contributed by atoms with van der Waals surface area (Å²) in [4.78, 5) is 36.8. The Labute approximate surface area is 138 Å². The lowest BCUT2D eigenvalue weighted by Gasteiger charge is -2.24. The van der Waals surface area contributed by atoms with Gasteiger partial charge in [0.2, 0.25) is 5.91 Å². The van der Waals surface area contributed by atoms with Crippen molar-refractivity contribution in [3.63, 3.8) is 0 Å². The van der Waals surface area contributed by atoms with Gasteiger partial charge in [-0.2, -0.15) is 0 Å². The molecule has 0 aliphatic carbocycles. The zero-order valence-electron chi connectivity index (χ0n) is 12.5.